The molecule has 0 bridgehead atoms. The number of rotatable bonds is 6. The summed E-state index contributed by atoms with van der Waals surface area (Å²) >= 11 is 0. The van der Waals surface area contributed by atoms with Gasteiger partial charge in [0.1, 0.15) is 0 Å². The number of hydrogen-bond donors (Lipinski definition) is 1. The van der Waals surface area contributed by atoms with Crippen molar-refractivity contribution in [3.05, 3.63) is 263 Å². The minimum Gasteiger partial charge on any atom is -0.310 e. The first-order valence-corrected chi connectivity index (χ1v) is 20.5. The lowest BCUT2D eigenvalue weighted by Crippen LogP contribution is -2.36. The van der Waals surface area contributed by atoms with Gasteiger partial charge in [-0.3, -0.25) is 4.99 Å². The molecule has 0 atom stereocenters. The number of aliphatic imine (C=N–C) groups is 1. The van der Waals surface area contributed by atoms with Crippen molar-refractivity contribution in [2.45, 2.75) is 5.41 Å². The summed E-state index contributed by atoms with van der Waals surface area (Å²) in [6, 6.07) is 72.3. The zero-order chi connectivity index (χ0) is 40.0. The maximum atomic E-state index is 8.52. The summed E-state index contributed by atoms with van der Waals surface area (Å²) in [4.78, 5) is 7.35. The molecule has 3 nitrogen and oxygen atoms in total. The second-order valence-corrected chi connectivity index (χ2v) is 15.5. The first kappa shape index (κ1) is 35.3. The predicted octanol–water partition coefficient (Wildman–Crippen LogP) is 14.1. The van der Waals surface area contributed by atoms with Gasteiger partial charge in [-0.1, -0.05) is 188 Å². The Bertz CT molecular complexity index is 3030. The summed E-state index contributed by atoms with van der Waals surface area (Å²) in [7, 11) is 0. The summed E-state index contributed by atoms with van der Waals surface area (Å²) in [6.07, 6.45) is 9.51. The van der Waals surface area contributed by atoms with Crippen LogP contribution in [0.5, 0.6) is 0 Å². The molecule has 0 unspecified atom stereocenters. The highest BCUT2D eigenvalue weighted by Gasteiger charge is 2.51. The lowest BCUT2D eigenvalue weighted by Gasteiger charge is -2.45. The van der Waals surface area contributed by atoms with Crippen molar-refractivity contribution in [2.24, 2.45) is 4.99 Å². The van der Waals surface area contributed by atoms with Gasteiger partial charge in [0.2, 0.25) is 0 Å². The smallest absolute Gasteiger partial charge is 0.0795 e. The molecule has 0 saturated heterocycles. The molecule has 8 aromatic carbocycles. The van der Waals surface area contributed by atoms with Crippen molar-refractivity contribution in [3.63, 3.8) is 0 Å². The molecular formula is C57H39N3. The van der Waals surface area contributed by atoms with E-state index in [0.29, 0.717) is 5.71 Å². The molecule has 1 aliphatic heterocycles. The maximum Gasteiger partial charge on any atom is 0.0795 e. The third-order valence-electron chi connectivity index (χ3n) is 12.2. The van der Waals surface area contributed by atoms with Crippen LogP contribution in [0.2, 0.25) is 0 Å². The zero-order valence-electron chi connectivity index (χ0n) is 32.8. The van der Waals surface area contributed by atoms with Crippen LogP contribution in [0.25, 0.3) is 39.1 Å². The SMILES string of the molecule is N=C1C=CC=C/C1=C(/N=C/c1ccc(-c2ccc(-c3ccc4c(c3)C3(c5ccccc5-4)c4ccccc4N(c4ccccc4)c4ccccc43)cc2)cc1)c1ccccc1. The monoisotopic (exact) mass is 765 g/mol. The van der Waals surface area contributed by atoms with Crippen LogP contribution in [0.15, 0.2) is 235 Å². The number of benzene rings is 8. The van der Waals surface area contributed by atoms with Crippen LogP contribution in [0, 0.1) is 5.41 Å². The van der Waals surface area contributed by atoms with Crippen molar-refractivity contribution in [3.8, 4) is 33.4 Å². The fourth-order valence-corrected chi connectivity index (χ4v) is 9.48. The Morgan fingerprint density at radius 1 is 0.467 bits per heavy atom. The van der Waals surface area contributed by atoms with Crippen LogP contribution < -0.4 is 4.90 Å². The highest BCUT2D eigenvalue weighted by molar-refractivity contribution is 6.14. The van der Waals surface area contributed by atoms with E-state index in [0.717, 1.165) is 39.2 Å². The number of para-hydroxylation sites is 3. The van der Waals surface area contributed by atoms with Crippen molar-refractivity contribution in [1.82, 2.24) is 0 Å². The third kappa shape index (κ3) is 5.66. The van der Waals surface area contributed by atoms with Gasteiger partial charge in [-0.25, -0.2) is 0 Å². The topological polar surface area (TPSA) is 39.5 Å². The van der Waals surface area contributed by atoms with Crippen LogP contribution in [0.3, 0.4) is 0 Å². The van der Waals surface area contributed by atoms with Gasteiger partial charge in [-0.05, 0) is 97.6 Å². The van der Waals surface area contributed by atoms with Crippen LogP contribution in [-0.4, -0.2) is 11.9 Å². The second-order valence-electron chi connectivity index (χ2n) is 15.5. The Balaban J connectivity index is 0.952. The summed E-state index contributed by atoms with van der Waals surface area (Å²) in [6.45, 7) is 0. The number of fused-ring (bicyclic) bond motifs is 9. The third-order valence-corrected chi connectivity index (χ3v) is 12.2. The van der Waals surface area contributed by atoms with Crippen LogP contribution in [0.1, 0.15) is 33.4 Å². The minimum absolute atomic E-state index is 0.455. The lowest BCUT2D eigenvalue weighted by molar-refractivity contribution is 0.753. The first-order valence-electron chi connectivity index (χ1n) is 20.5. The fourth-order valence-electron chi connectivity index (χ4n) is 9.48. The van der Waals surface area contributed by atoms with E-state index in [1.807, 2.05) is 60.9 Å². The van der Waals surface area contributed by atoms with Crippen LogP contribution in [-0.2, 0) is 5.41 Å². The Morgan fingerprint density at radius 2 is 0.983 bits per heavy atom. The molecule has 0 aromatic heterocycles. The van der Waals surface area contributed by atoms with E-state index in [4.69, 9.17) is 10.4 Å². The van der Waals surface area contributed by atoms with E-state index in [9.17, 15) is 0 Å². The molecule has 0 amide bonds. The highest BCUT2D eigenvalue weighted by Crippen LogP contribution is 2.63. The molecular weight excluding hydrogens is 727 g/mol. The second kappa shape index (κ2) is 14.5. The molecule has 282 valence electrons. The average molecular weight is 766 g/mol. The Morgan fingerprint density at radius 3 is 1.65 bits per heavy atom. The zero-order valence-corrected chi connectivity index (χ0v) is 32.8. The molecule has 0 fully saturated rings. The molecule has 3 aliphatic rings. The number of hydrogen-bond acceptors (Lipinski definition) is 3. The van der Waals surface area contributed by atoms with Crippen molar-refractivity contribution < 1.29 is 0 Å². The molecule has 1 heterocycles. The lowest BCUT2D eigenvalue weighted by atomic mass is 9.64. The van der Waals surface area contributed by atoms with Crippen LogP contribution >= 0.6 is 0 Å². The average Bonchev–Trinajstić information content (AvgIpc) is 3.61. The standard InChI is InChI=1S/C57H39N3/c58-53-24-12-8-20-48(53)56(43-15-3-1-4-16-43)59-38-39-27-29-40(30-28-39)41-31-33-42(34-32-41)44-35-36-47-46-19-7-9-21-49(46)57(52(47)37-44)50-22-10-13-25-54(50)60(45-17-5-2-6-18-45)55-26-14-11-23-51(55)57/h1-38,58H/b56-48-,58-53?,59-38+. The van der Waals surface area contributed by atoms with Gasteiger partial charge < -0.3 is 10.3 Å². The Kier molecular flexibility index (Phi) is 8.53. The summed E-state index contributed by atoms with van der Waals surface area (Å²) in [5.41, 5.74) is 19.5. The quantitative estimate of drug-likeness (QED) is 0.168. The van der Waals surface area contributed by atoms with Crippen molar-refractivity contribution >= 4 is 34.7 Å². The summed E-state index contributed by atoms with van der Waals surface area (Å²) in [5, 5.41) is 8.52. The Labute approximate surface area is 350 Å². The molecule has 8 aromatic rings. The molecule has 3 heteroatoms. The predicted molar refractivity (Wildman–Crippen MR) is 250 cm³/mol. The summed E-state index contributed by atoms with van der Waals surface area (Å²) < 4.78 is 0. The molecule has 60 heavy (non-hydrogen) atoms. The molecule has 1 N–H and O–H groups in total. The minimum atomic E-state index is -0.490. The molecule has 0 saturated carbocycles. The molecule has 11 rings (SSSR count). The largest absolute Gasteiger partial charge is 0.310 e. The number of anilines is 3. The van der Waals surface area contributed by atoms with Crippen LogP contribution in [0.4, 0.5) is 17.1 Å². The van der Waals surface area contributed by atoms with E-state index in [-0.39, 0.29) is 0 Å². The van der Waals surface area contributed by atoms with E-state index in [1.165, 1.54) is 55.9 Å². The molecule has 2 aliphatic carbocycles. The normalized spacial score (nSPS) is 15.1. The van der Waals surface area contributed by atoms with Gasteiger partial charge in [0.25, 0.3) is 0 Å². The van der Waals surface area contributed by atoms with E-state index < -0.39 is 5.41 Å². The number of nitrogens with one attached hydrogen (secondary N) is 1. The van der Waals surface area contributed by atoms with E-state index in [2.05, 4.69) is 175 Å². The van der Waals surface area contributed by atoms with Crippen molar-refractivity contribution in [2.75, 3.05) is 4.90 Å². The van der Waals surface area contributed by atoms with E-state index >= 15 is 0 Å². The first-order chi connectivity index (χ1) is 29.7. The van der Waals surface area contributed by atoms with Gasteiger partial charge in [0.05, 0.1) is 28.2 Å². The van der Waals surface area contributed by atoms with Gasteiger partial charge in [-0.2, -0.15) is 0 Å². The highest BCUT2D eigenvalue weighted by atomic mass is 15.2. The summed E-state index contributed by atoms with van der Waals surface area (Å²) in [5.74, 6) is 0. The molecule has 1 spiro atoms. The van der Waals surface area contributed by atoms with Gasteiger partial charge >= 0.3 is 0 Å². The van der Waals surface area contributed by atoms with Gasteiger partial charge in [0.15, 0.2) is 0 Å². The number of allylic oxidation sites excluding steroid dienone is 5. The molecule has 0 radical (unpaired) electrons. The fraction of sp³-hybridized carbons (Fsp3) is 0.0175. The maximum absolute atomic E-state index is 8.52. The Hall–Kier alpha value is -7.88. The van der Waals surface area contributed by atoms with E-state index in [1.54, 1.807) is 0 Å². The number of nitrogens with zero attached hydrogens (tertiary/aromatic N) is 2. The van der Waals surface area contributed by atoms with Gasteiger partial charge in [0, 0.05) is 23.0 Å². The van der Waals surface area contributed by atoms with Gasteiger partial charge in [-0.15, -0.1) is 0 Å². The van der Waals surface area contributed by atoms with Crippen molar-refractivity contribution in [1.29, 1.82) is 5.41 Å².